The molecule has 0 aliphatic rings. The summed E-state index contributed by atoms with van der Waals surface area (Å²) >= 11 is 0. The number of carboxylic acids is 1. The maximum absolute atomic E-state index is 11.4. The lowest BCUT2D eigenvalue weighted by molar-refractivity contribution is -0.162. The van der Waals surface area contributed by atoms with E-state index >= 15 is 0 Å². The molecule has 0 bridgehead atoms. The van der Waals surface area contributed by atoms with Gasteiger partial charge in [-0.1, -0.05) is 70.4 Å². The Kier molecular flexibility index (Phi) is 16.6. The summed E-state index contributed by atoms with van der Waals surface area (Å²) in [5, 5.41) is 8.65. The van der Waals surface area contributed by atoms with Crippen molar-refractivity contribution < 1.29 is 19.4 Å². The summed E-state index contributed by atoms with van der Waals surface area (Å²) in [6.07, 6.45) is 19.7. The van der Waals surface area contributed by atoms with Crippen molar-refractivity contribution >= 4 is 11.9 Å². The average Bonchev–Trinajstić information content (AvgIpc) is 2.58. The maximum Gasteiger partial charge on any atom is 0.344 e. The van der Waals surface area contributed by atoms with Gasteiger partial charge in [-0.25, -0.2) is 4.79 Å². The molecule has 0 fully saturated rings. The quantitative estimate of drug-likeness (QED) is 0.196. The van der Waals surface area contributed by atoms with Crippen molar-refractivity contribution in [3.05, 3.63) is 12.2 Å². The van der Waals surface area contributed by atoms with Gasteiger partial charge in [-0.3, -0.25) is 4.79 Å². The topological polar surface area (TPSA) is 63.6 Å². The van der Waals surface area contributed by atoms with Crippen LogP contribution >= 0.6 is 0 Å². The standard InChI is InChI=1S/C21H38O4/c1-3-4-5-6-7-8-9-10-11-12-13-14-15-16-17-18-20(22)25-19(2)21(23)24/h10-11,19H,3-9,12-18H2,1-2H3,(H,23,24)/b11-10-/t19-/m0/s1. The molecule has 0 saturated carbocycles. The Balaban J connectivity index is 3.29. The number of carbonyl (C=O) groups excluding carboxylic acids is 1. The average molecular weight is 355 g/mol. The molecular formula is C21H38O4. The molecule has 0 amide bonds. The number of aliphatic carboxylic acids is 1. The van der Waals surface area contributed by atoms with Crippen LogP contribution in [0.2, 0.25) is 0 Å². The van der Waals surface area contributed by atoms with E-state index in [9.17, 15) is 9.59 Å². The minimum Gasteiger partial charge on any atom is -0.479 e. The van der Waals surface area contributed by atoms with Gasteiger partial charge in [0.25, 0.3) is 0 Å². The van der Waals surface area contributed by atoms with Gasteiger partial charge in [0.1, 0.15) is 0 Å². The minimum absolute atomic E-state index is 0.315. The lowest BCUT2D eigenvalue weighted by Gasteiger charge is -2.08. The van der Waals surface area contributed by atoms with Crippen LogP contribution in [0.3, 0.4) is 0 Å². The van der Waals surface area contributed by atoms with Crippen molar-refractivity contribution in [2.45, 2.75) is 110 Å². The fourth-order valence-electron chi connectivity index (χ4n) is 2.65. The largest absolute Gasteiger partial charge is 0.479 e. The molecule has 4 nitrogen and oxygen atoms in total. The lowest BCUT2D eigenvalue weighted by Crippen LogP contribution is -2.23. The van der Waals surface area contributed by atoms with E-state index < -0.39 is 18.0 Å². The third-order valence-electron chi connectivity index (χ3n) is 4.30. The number of hydrogen-bond donors (Lipinski definition) is 1. The number of allylic oxidation sites excluding steroid dienone is 2. The zero-order valence-electron chi connectivity index (χ0n) is 16.3. The predicted molar refractivity (Wildman–Crippen MR) is 103 cm³/mol. The smallest absolute Gasteiger partial charge is 0.344 e. The molecule has 0 aromatic carbocycles. The summed E-state index contributed by atoms with van der Waals surface area (Å²) in [5.74, 6) is -1.51. The summed E-state index contributed by atoms with van der Waals surface area (Å²) in [4.78, 5) is 22.0. The van der Waals surface area contributed by atoms with Crippen molar-refractivity contribution in [2.75, 3.05) is 0 Å². The van der Waals surface area contributed by atoms with E-state index in [0.717, 1.165) is 25.7 Å². The molecule has 0 spiro atoms. The maximum atomic E-state index is 11.4. The number of carbonyl (C=O) groups is 2. The highest BCUT2D eigenvalue weighted by molar-refractivity contribution is 5.77. The molecule has 0 heterocycles. The van der Waals surface area contributed by atoms with Crippen LogP contribution in [0.15, 0.2) is 12.2 Å². The molecule has 0 saturated heterocycles. The molecule has 0 aromatic heterocycles. The van der Waals surface area contributed by atoms with Gasteiger partial charge in [-0.2, -0.15) is 0 Å². The van der Waals surface area contributed by atoms with Crippen LogP contribution in [0.5, 0.6) is 0 Å². The van der Waals surface area contributed by atoms with Crippen LogP contribution in [0, 0.1) is 0 Å². The van der Waals surface area contributed by atoms with Gasteiger partial charge in [0.05, 0.1) is 0 Å². The first-order valence-electron chi connectivity index (χ1n) is 10.1. The second kappa shape index (κ2) is 17.5. The summed E-state index contributed by atoms with van der Waals surface area (Å²) in [5.41, 5.74) is 0. The Morgan fingerprint density at radius 2 is 1.32 bits per heavy atom. The second-order valence-corrected chi connectivity index (χ2v) is 6.80. The number of ether oxygens (including phenoxy) is 1. The van der Waals surface area contributed by atoms with Crippen LogP contribution in [-0.2, 0) is 14.3 Å². The first-order valence-corrected chi connectivity index (χ1v) is 10.1. The highest BCUT2D eigenvalue weighted by Gasteiger charge is 2.15. The van der Waals surface area contributed by atoms with Crippen LogP contribution in [0.1, 0.15) is 104 Å². The second-order valence-electron chi connectivity index (χ2n) is 6.80. The summed E-state index contributed by atoms with van der Waals surface area (Å²) < 4.78 is 4.78. The Labute approximate surface area is 154 Å². The summed E-state index contributed by atoms with van der Waals surface area (Å²) in [7, 11) is 0. The molecular weight excluding hydrogens is 316 g/mol. The molecule has 0 radical (unpaired) electrons. The number of unbranched alkanes of at least 4 members (excludes halogenated alkanes) is 11. The van der Waals surface area contributed by atoms with Gasteiger partial charge in [-0.15, -0.1) is 0 Å². The lowest BCUT2D eigenvalue weighted by atomic mass is 10.1. The van der Waals surface area contributed by atoms with Crippen molar-refractivity contribution in [3.8, 4) is 0 Å². The zero-order chi connectivity index (χ0) is 18.8. The van der Waals surface area contributed by atoms with Gasteiger partial charge >= 0.3 is 11.9 Å². The zero-order valence-corrected chi connectivity index (χ0v) is 16.3. The summed E-state index contributed by atoms with van der Waals surface area (Å²) in [6.45, 7) is 3.62. The number of rotatable bonds is 17. The van der Waals surface area contributed by atoms with Gasteiger partial charge in [0, 0.05) is 6.42 Å². The van der Waals surface area contributed by atoms with E-state index in [2.05, 4.69) is 19.1 Å². The van der Waals surface area contributed by atoms with E-state index in [1.54, 1.807) is 0 Å². The molecule has 146 valence electrons. The van der Waals surface area contributed by atoms with Crippen LogP contribution in [-0.4, -0.2) is 23.1 Å². The first-order chi connectivity index (χ1) is 12.1. The van der Waals surface area contributed by atoms with Gasteiger partial charge in [-0.05, 0) is 39.0 Å². The Hall–Kier alpha value is -1.32. The van der Waals surface area contributed by atoms with E-state index in [1.165, 1.54) is 64.7 Å². The fraction of sp³-hybridized carbons (Fsp3) is 0.810. The summed E-state index contributed by atoms with van der Waals surface area (Å²) in [6, 6.07) is 0. The molecule has 0 rings (SSSR count). The SMILES string of the molecule is CCCCCCCC/C=C\CCCCCCCC(=O)O[C@@H](C)C(=O)O. The molecule has 0 aliphatic carbocycles. The van der Waals surface area contributed by atoms with Crippen molar-refractivity contribution in [1.82, 2.24) is 0 Å². The van der Waals surface area contributed by atoms with Crippen molar-refractivity contribution in [3.63, 3.8) is 0 Å². The Bertz CT molecular complexity index is 363. The molecule has 0 aromatic rings. The molecule has 0 aliphatic heterocycles. The normalized spacial score (nSPS) is 12.4. The number of hydrogen-bond acceptors (Lipinski definition) is 3. The fourth-order valence-corrected chi connectivity index (χ4v) is 2.65. The molecule has 25 heavy (non-hydrogen) atoms. The van der Waals surface area contributed by atoms with Gasteiger partial charge in [0.2, 0.25) is 0 Å². The van der Waals surface area contributed by atoms with E-state index in [1.807, 2.05) is 0 Å². The van der Waals surface area contributed by atoms with E-state index in [4.69, 9.17) is 9.84 Å². The number of esters is 1. The van der Waals surface area contributed by atoms with Crippen LogP contribution in [0.25, 0.3) is 0 Å². The van der Waals surface area contributed by atoms with E-state index in [-0.39, 0.29) is 0 Å². The third-order valence-corrected chi connectivity index (χ3v) is 4.30. The highest BCUT2D eigenvalue weighted by Crippen LogP contribution is 2.10. The minimum atomic E-state index is -1.10. The molecule has 1 atom stereocenters. The van der Waals surface area contributed by atoms with Crippen molar-refractivity contribution in [2.24, 2.45) is 0 Å². The molecule has 4 heteroatoms. The van der Waals surface area contributed by atoms with Crippen LogP contribution < -0.4 is 0 Å². The predicted octanol–water partition coefficient (Wildman–Crippen LogP) is 6.04. The Morgan fingerprint density at radius 3 is 1.84 bits per heavy atom. The van der Waals surface area contributed by atoms with E-state index in [0.29, 0.717) is 6.42 Å². The van der Waals surface area contributed by atoms with Crippen molar-refractivity contribution in [1.29, 1.82) is 0 Å². The highest BCUT2D eigenvalue weighted by atomic mass is 16.6. The van der Waals surface area contributed by atoms with Gasteiger partial charge < -0.3 is 9.84 Å². The van der Waals surface area contributed by atoms with Crippen LogP contribution in [0.4, 0.5) is 0 Å². The first kappa shape index (κ1) is 23.7. The number of carboxylic acid groups (broad SMARTS) is 1. The molecule has 1 N–H and O–H groups in total. The van der Waals surface area contributed by atoms with Gasteiger partial charge in [0.15, 0.2) is 6.10 Å². The Morgan fingerprint density at radius 1 is 0.840 bits per heavy atom. The third kappa shape index (κ3) is 17.3. The monoisotopic (exact) mass is 354 g/mol. The molecule has 0 unspecified atom stereocenters.